The Labute approximate surface area is 200 Å². The quantitative estimate of drug-likeness (QED) is 0.692. The number of aliphatic hydroxyl groups excluding tert-OH is 1. The average Bonchev–Trinajstić information content (AvgIpc) is 3.38. The van der Waals surface area contributed by atoms with Crippen molar-refractivity contribution in [3.05, 3.63) is 58.4 Å². The van der Waals surface area contributed by atoms with E-state index in [0.717, 1.165) is 29.1 Å². The number of benzene rings is 1. The average molecular weight is 489 g/mol. The van der Waals surface area contributed by atoms with Gasteiger partial charge in [-0.15, -0.1) is 0 Å². The number of nitrogens with one attached hydrogen (secondary N) is 1. The van der Waals surface area contributed by atoms with Crippen molar-refractivity contribution in [1.29, 1.82) is 0 Å². The molecule has 2 N–H and O–H groups in total. The van der Waals surface area contributed by atoms with Crippen molar-refractivity contribution in [2.24, 2.45) is 5.41 Å². The predicted molar refractivity (Wildman–Crippen MR) is 121 cm³/mol. The molecule has 2 atom stereocenters. The maximum atomic E-state index is 13.5. The Kier molecular flexibility index (Phi) is 5.83. The number of aliphatic hydroxyl groups is 1. The van der Waals surface area contributed by atoms with Crippen LogP contribution < -0.4 is 5.32 Å². The zero-order chi connectivity index (χ0) is 25.0. The number of alkyl halides is 3. The fraction of sp³-hybridized carbons (Fsp3) is 0.480. The normalized spacial score (nSPS) is 24.3. The molecule has 2 unspecified atom stereocenters. The van der Waals surface area contributed by atoms with Crippen LogP contribution in [-0.4, -0.2) is 57.9 Å². The lowest BCUT2D eigenvalue weighted by Gasteiger charge is -2.36. The Hall–Kier alpha value is -2.98. The second-order valence-electron chi connectivity index (χ2n) is 9.84. The van der Waals surface area contributed by atoms with Crippen LogP contribution >= 0.6 is 0 Å². The molecule has 1 fully saturated rings. The summed E-state index contributed by atoms with van der Waals surface area (Å²) in [5, 5.41) is 13.1. The second-order valence-corrected chi connectivity index (χ2v) is 9.84. The van der Waals surface area contributed by atoms with E-state index in [2.05, 4.69) is 15.2 Å². The van der Waals surface area contributed by atoms with Crippen LogP contribution in [0.5, 0.6) is 0 Å². The van der Waals surface area contributed by atoms with E-state index in [4.69, 9.17) is 0 Å². The number of rotatable bonds is 4. The highest BCUT2D eigenvalue weighted by molar-refractivity contribution is 6.02. The van der Waals surface area contributed by atoms with E-state index < -0.39 is 17.2 Å². The first-order valence-corrected chi connectivity index (χ1v) is 11.7. The molecule has 0 radical (unpaired) electrons. The Balaban J connectivity index is 1.29. The van der Waals surface area contributed by atoms with Crippen LogP contribution in [0.4, 0.5) is 18.9 Å². The molecule has 0 aliphatic carbocycles. The summed E-state index contributed by atoms with van der Waals surface area (Å²) in [5.74, 6) is -0.470. The van der Waals surface area contributed by atoms with Gasteiger partial charge in [-0.25, -0.2) is 0 Å². The first-order valence-electron chi connectivity index (χ1n) is 11.7. The van der Waals surface area contributed by atoms with Crippen LogP contribution in [0.2, 0.25) is 0 Å². The number of anilines is 1. The molecule has 2 aromatic rings. The van der Waals surface area contributed by atoms with Gasteiger partial charge in [0.2, 0.25) is 11.8 Å². The first kappa shape index (κ1) is 23.7. The van der Waals surface area contributed by atoms with Gasteiger partial charge >= 0.3 is 6.18 Å². The van der Waals surface area contributed by atoms with Crippen LogP contribution in [0.1, 0.15) is 47.2 Å². The zero-order valence-corrected chi connectivity index (χ0v) is 19.4. The molecule has 3 aliphatic rings. The standard InChI is InChI=1S/C25H27F3N4O3/c1-15-19-8-16(2-3-21(19)30-22(15)34)11-31-7-5-24(13-31,14-33)23(35)32-6-4-20-17(12-32)9-18(10-29-20)25(26,27)28/h2-3,8-10,15,33H,4-7,11-14H2,1H3,(H,30,34). The summed E-state index contributed by atoms with van der Waals surface area (Å²) in [5.41, 5.74) is 1.95. The molecule has 1 saturated heterocycles. The molecule has 0 spiro atoms. The summed E-state index contributed by atoms with van der Waals surface area (Å²) >= 11 is 0. The molecular weight excluding hydrogens is 461 g/mol. The fourth-order valence-electron chi connectivity index (χ4n) is 5.38. The molecule has 5 rings (SSSR count). The summed E-state index contributed by atoms with van der Waals surface area (Å²) in [6.45, 7) is 3.49. The van der Waals surface area contributed by atoms with Crippen LogP contribution in [0.25, 0.3) is 0 Å². The molecule has 2 amide bonds. The third kappa shape index (κ3) is 4.29. The molecule has 7 nitrogen and oxygen atoms in total. The van der Waals surface area contributed by atoms with Gasteiger partial charge in [0.15, 0.2) is 0 Å². The van der Waals surface area contributed by atoms with Crippen molar-refractivity contribution >= 4 is 17.5 Å². The summed E-state index contributed by atoms with van der Waals surface area (Å²) in [4.78, 5) is 33.1. The van der Waals surface area contributed by atoms with Crippen molar-refractivity contribution in [3.63, 3.8) is 0 Å². The molecule has 1 aromatic heterocycles. The van der Waals surface area contributed by atoms with Crippen molar-refractivity contribution in [2.75, 3.05) is 31.6 Å². The van der Waals surface area contributed by atoms with E-state index in [9.17, 15) is 27.9 Å². The minimum Gasteiger partial charge on any atom is -0.395 e. The molecule has 1 aromatic carbocycles. The molecule has 10 heteroatoms. The monoisotopic (exact) mass is 488 g/mol. The molecule has 3 aliphatic heterocycles. The number of likely N-dealkylation sites (tertiary alicyclic amines) is 1. The van der Waals surface area contributed by atoms with Crippen LogP contribution in [-0.2, 0) is 35.3 Å². The number of halogens is 3. The van der Waals surface area contributed by atoms with Crippen LogP contribution in [0.15, 0.2) is 30.5 Å². The van der Waals surface area contributed by atoms with Crippen molar-refractivity contribution in [1.82, 2.24) is 14.8 Å². The van der Waals surface area contributed by atoms with Gasteiger partial charge in [0.25, 0.3) is 0 Å². The third-order valence-electron chi connectivity index (χ3n) is 7.48. The lowest BCUT2D eigenvalue weighted by Crippen LogP contribution is -2.49. The number of pyridine rings is 1. The van der Waals surface area contributed by atoms with E-state index >= 15 is 0 Å². The van der Waals surface area contributed by atoms with Gasteiger partial charge in [0, 0.05) is 50.2 Å². The number of nitrogens with zero attached hydrogens (tertiary/aromatic N) is 3. The topological polar surface area (TPSA) is 85.8 Å². The van der Waals surface area contributed by atoms with Crippen LogP contribution in [0.3, 0.4) is 0 Å². The highest BCUT2D eigenvalue weighted by atomic mass is 19.4. The second kappa shape index (κ2) is 8.60. The molecule has 0 saturated carbocycles. The Morgan fingerprint density at radius 3 is 2.83 bits per heavy atom. The van der Waals surface area contributed by atoms with Gasteiger partial charge in [0.05, 0.1) is 23.5 Å². The highest BCUT2D eigenvalue weighted by Crippen LogP contribution is 2.37. The third-order valence-corrected chi connectivity index (χ3v) is 7.48. The van der Waals surface area contributed by atoms with Gasteiger partial charge in [-0.2, -0.15) is 13.2 Å². The molecule has 0 bridgehead atoms. The number of amides is 2. The molecular formula is C25H27F3N4O3. The zero-order valence-electron chi connectivity index (χ0n) is 19.4. The van der Waals surface area contributed by atoms with Gasteiger partial charge in [0.1, 0.15) is 0 Å². The van der Waals surface area contributed by atoms with Gasteiger partial charge < -0.3 is 15.3 Å². The molecule has 186 valence electrons. The number of hydrogen-bond donors (Lipinski definition) is 2. The smallest absolute Gasteiger partial charge is 0.395 e. The fourth-order valence-corrected chi connectivity index (χ4v) is 5.38. The lowest BCUT2D eigenvalue weighted by atomic mass is 9.85. The largest absolute Gasteiger partial charge is 0.417 e. The predicted octanol–water partition coefficient (Wildman–Crippen LogP) is 2.93. The Morgan fingerprint density at radius 2 is 2.09 bits per heavy atom. The highest BCUT2D eigenvalue weighted by Gasteiger charge is 2.47. The van der Waals surface area contributed by atoms with Crippen molar-refractivity contribution in [2.45, 2.75) is 44.9 Å². The number of carbonyl (C=O) groups is 2. The summed E-state index contributed by atoms with van der Waals surface area (Å²) in [6.07, 6.45) is -2.81. The van der Waals surface area contributed by atoms with E-state index in [1.165, 1.54) is 0 Å². The first-order chi connectivity index (χ1) is 16.6. The molecule has 35 heavy (non-hydrogen) atoms. The minimum absolute atomic E-state index is 0.0242. The van der Waals surface area contributed by atoms with Gasteiger partial charge in [-0.1, -0.05) is 12.1 Å². The SMILES string of the molecule is CC1C(=O)Nc2ccc(CN3CCC(CO)(C(=O)N4CCc5ncc(C(F)(F)F)cc5C4)C3)cc21. The van der Waals surface area contributed by atoms with Crippen molar-refractivity contribution in [3.8, 4) is 0 Å². The number of carbonyl (C=O) groups excluding carboxylic acids is 2. The summed E-state index contributed by atoms with van der Waals surface area (Å²) in [6, 6.07) is 6.92. The number of hydrogen-bond acceptors (Lipinski definition) is 5. The van der Waals surface area contributed by atoms with E-state index in [0.29, 0.717) is 50.3 Å². The van der Waals surface area contributed by atoms with E-state index in [1.807, 2.05) is 25.1 Å². The van der Waals surface area contributed by atoms with E-state index in [-0.39, 0.29) is 30.9 Å². The number of fused-ring (bicyclic) bond motifs is 2. The summed E-state index contributed by atoms with van der Waals surface area (Å²) < 4.78 is 39.4. The maximum absolute atomic E-state index is 13.5. The van der Waals surface area contributed by atoms with E-state index in [1.54, 1.807) is 4.90 Å². The minimum atomic E-state index is -4.49. The summed E-state index contributed by atoms with van der Waals surface area (Å²) in [7, 11) is 0. The maximum Gasteiger partial charge on any atom is 0.417 e. The Bertz CT molecular complexity index is 1190. The van der Waals surface area contributed by atoms with Crippen molar-refractivity contribution < 1.29 is 27.9 Å². The Morgan fingerprint density at radius 1 is 1.29 bits per heavy atom. The number of aromatic nitrogens is 1. The van der Waals surface area contributed by atoms with Gasteiger partial charge in [-0.3, -0.25) is 19.5 Å². The van der Waals surface area contributed by atoms with Crippen LogP contribution in [0, 0.1) is 5.41 Å². The lowest BCUT2D eigenvalue weighted by molar-refractivity contribution is -0.145. The molecule has 4 heterocycles. The van der Waals surface area contributed by atoms with Gasteiger partial charge in [-0.05, 0) is 48.7 Å².